The van der Waals surface area contributed by atoms with Crippen LogP contribution in [0.3, 0.4) is 0 Å². The Morgan fingerprint density at radius 3 is 2.74 bits per heavy atom. The number of ether oxygens (including phenoxy) is 1. The SMILES string of the molecule is Nc1cnc(Oc2ccc([N+](=O)[O-])c(F)c2)c(Br)c1. The van der Waals surface area contributed by atoms with E-state index < -0.39 is 16.4 Å². The van der Waals surface area contributed by atoms with Crippen molar-refractivity contribution < 1.29 is 14.1 Å². The number of anilines is 1. The standard InChI is InChI=1S/C11H7BrFN3O3/c12-8-3-6(14)5-15-11(8)19-7-1-2-10(16(17)18)9(13)4-7/h1-5H,14H2. The van der Waals surface area contributed by atoms with Crippen molar-refractivity contribution in [3.05, 3.63) is 50.9 Å². The first kappa shape index (κ1) is 13.2. The van der Waals surface area contributed by atoms with Gasteiger partial charge in [-0.15, -0.1) is 0 Å². The van der Waals surface area contributed by atoms with E-state index in [1.165, 1.54) is 12.3 Å². The lowest BCUT2D eigenvalue weighted by Crippen LogP contribution is -1.95. The summed E-state index contributed by atoms with van der Waals surface area (Å²) >= 11 is 3.19. The van der Waals surface area contributed by atoms with Gasteiger partial charge in [0.25, 0.3) is 0 Å². The van der Waals surface area contributed by atoms with Crippen LogP contribution in [0, 0.1) is 15.9 Å². The highest BCUT2D eigenvalue weighted by molar-refractivity contribution is 9.10. The molecule has 6 nitrogen and oxygen atoms in total. The van der Waals surface area contributed by atoms with Crippen molar-refractivity contribution in [2.24, 2.45) is 0 Å². The predicted octanol–water partition coefficient (Wildman–Crippen LogP) is 3.27. The van der Waals surface area contributed by atoms with Gasteiger partial charge < -0.3 is 10.5 Å². The number of nitro benzene ring substituents is 1. The van der Waals surface area contributed by atoms with E-state index in [2.05, 4.69) is 20.9 Å². The largest absolute Gasteiger partial charge is 0.438 e. The van der Waals surface area contributed by atoms with Gasteiger partial charge in [0.2, 0.25) is 11.7 Å². The second-order valence-corrected chi connectivity index (χ2v) is 4.38. The fraction of sp³-hybridized carbons (Fsp3) is 0. The van der Waals surface area contributed by atoms with Gasteiger partial charge in [0, 0.05) is 12.1 Å². The number of nitrogens with zero attached hydrogens (tertiary/aromatic N) is 2. The first-order chi connectivity index (χ1) is 8.97. The fourth-order valence-electron chi connectivity index (χ4n) is 1.33. The third-order valence-electron chi connectivity index (χ3n) is 2.16. The molecule has 2 aromatic rings. The summed E-state index contributed by atoms with van der Waals surface area (Å²) in [5, 5.41) is 10.5. The van der Waals surface area contributed by atoms with E-state index in [-0.39, 0.29) is 11.6 Å². The zero-order chi connectivity index (χ0) is 14.0. The highest BCUT2D eigenvalue weighted by Crippen LogP contribution is 2.30. The van der Waals surface area contributed by atoms with Gasteiger partial charge in [0.05, 0.1) is 21.3 Å². The zero-order valence-corrected chi connectivity index (χ0v) is 10.9. The molecule has 0 spiro atoms. The fourth-order valence-corrected chi connectivity index (χ4v) is 1.77. The third kappa shape index (κ3) is 2.97. The Labute approximate surface area is 115 Å². The van der Waals surface area contributed by atoms with Crippen LogP contribution >= 0.6 is 15.9 Å². The van der Waals surface area contributed by atoms with Crippen molar-refractivity contribution in [1.82, 2.24) is 4.98 Å². The van der Waals surface area contributed by atoms with Crippen LogP contribution in [0.15, 0.2) is 34.9 Å². The molecule has 0 saturated heterocycles. The van der Waals surface area contributed by atoms with Crippen molar-refractivity contribution in [2.75, 3.05) is 5.73 Å². The van der Waals surface area contributed by atoms with Crippen LogP contribution in [0.1, 0.15) is 0 Å². The highest BCUT2D eigenvalue weighted by Gasteiger charge is 2.15. The Balaban J connectivity index is 2.29. The minimum absolute atomic E-state index is 0.0982. The normalized spacial score (nSPS) is 10.2. The van der Waals surface area contributed by atoms with Gasteiger partial charge in [-0.2, -0.15) is 4.39 Å². The Morgan fingerprint density at radius 1 is 1.42 bits per heavy atom. The molecule has 0 atom stereocenters. The number of pyridine rings is 1. The summed E-state index contributed by atoms with van der Waals surface area (Å²) in [7, 11) is 0. The molecule has 0 bridgehead atoms. The molecule has 1 aromatic heterocycles. The molecule has 8 heteroatoms. The van der Waals surface area contributed by atoms with Crippen molar-refractivity contribution >= 4 is 27.3 Å². The number of halogens is 2. The molecule has 0 aliphatic rings. The Kier molecular flexibility index (Phi) is 3.61. The first-order valence-corrected chi connectivity index (χ1v) is 5.79. The van der Waals surface area contributed by atoms with Crippen LogP contribution in [0.2, 0.25) is 0 Å². The number of benzene rings is 1. The minimum atomic E-state index is -0.978. The molecular formula is C11H7BrFN3O3. The average molecular weight is 328 g/mol. The lowest BCUT2D eigenvalue weighted by atomic mass is 10.3. The lowest BCUT2D eigenvalue weighted by molar-refractivity contribution is -0.387. The average Bonchev–Trinajstić information content (AvgIpc) is 2.32. The van der Waals surface area contributed by atoms with E-state index >= 15 is 0 Å². The van der Waals surface area contributed by atoms with Crippen molar-refractivity contribution in [2.45, 2.75) is 0 Å². The maximum absolute atomic E-state index is 13.4. The summed E-state index contributed by atoms with van der Waals surface area (Å²) in [5.74, 6) is -0.697. The summed E-state index contributed by atoms with van der Waals surface area (Å²) in [5.41, 5.74) is 5.34. The summed E-state index contributed by atoms with van der Waals surface area (Å²) in [6, 6.07) is 4.80. The summed E-state index contributed by atoms with van der Waals surface area (Å²) in [6.45, 7) is 0. The van der Waals surface area contributed by atoms with E-state index in [0.717, 1.165) is 12.1 Å². The van der Waals surface area contributed by atoms with Gasteiger partial charge >= 0.3 is 5.69 Å². The third-order valence-corrected chi connectivity index (χ3v) is 2.73. The molecule has 0 aliphatic carbocycles. The first-order valence-electron chi connectivity index (χ1n) is 5.00. The van der Waals surface area contributed by atoms with Crippen LogP contribution in [0.5, 0.6) is 11.6 Å². The topological polar surface area (TPSA) is 91.3 Å². The van der Waals surface area contributed by atoms with E-state index in [1.807, 2.05) is 0 Å². The van der Waals surface area contributed by atoms with Crippen molar-refractivity contribution in [3.63, 3.8) is 0 Å². The molecule has 1 aromatic carbocycles. The molecule has 19 heavy (non-hydrogen) atoms. The van der Waals surface area contributed by atoms with Gasteiger partial charge in [-0.3, -0.25) is 10.1 Å². The quantitative estimate of drug-likeness (QED) is 0.690. The number of hydrogen-bond donors (Lipinski definition) is 1. The van der Waals surface area contributed by atoms with Crippen LogP contribution in [-0.4, -0.2) is 9.91 Å². The van der Waals surface area contributed by atoms with Crippen LogP contribution in [0.4, 0.5) is 15.8 Å². The van der Waals surface area contributed by atoms with E-state index in [4.69, 9.17) is 10.5 Å². The highest BCUT2D eigenvalue weighted by atomic mass is 79.9. The molecule has 0 saturated carbocycles. The molecular weight excluding hydrogens is 321 g/mol. The second-order valence-electron chi connectivity index (χ2n) is 3.53. The molecule has 0 unspecified atom stereocenters. The number of hydrogen-bond acceptors (Lipinski definition) is 5. The van der Waals surface area contributed by atoms with Crippen LogP contribution < -0.4 is 10.5 Å². The van der Waals surface area contributed by atoms with E-state index in [9.17, 15) is 14.5 Å². The van der Waals surface area contributed by atoms with Crippen LogP contribution in [0.25, 0.3) is 0 Å². The van der Waals surface area contributed by atoms with Crippen molar-refractivity contribution in [3.8, 4) is 11.6 Å². The smallest absolute Gasteiger partial charge is 0.305 e. The van der Waals surface area contributed by atoms with E-state index in [1.54, 1.807) is 6.07 Å². The van der Waals surface area contributed by atoms with Gasteiger partial charge in [-0.05, 0) is 28.1 Å². The summed E-state index contributed by atoms with van der Waals surface area (Å²) < 4.78 is 19.2. The second kappa shape index (κ2) is 5.19. The molecule has 0 aliphatic heterocycles. The molecule has 98 valence electrons. The molecule has 0 radical (unpaired) electrons. The maximum atomic E-state index is 13.4. The number of nitrogen functional groups attached to an aromatic ring is 1. The number of nitrogens with two attached hydrogens (primary N) is 1. The summed E-state index contributed by atoms with van der Waals surface area (Å²) in [4.78, 5) is 13.6. The van der Waals surface area contributed by atoms with Gasteiger partial charge in [0.15, 0.2) is 0 Å². The van der Waals surface area contributed by atoms with Gasteiger partial charge in [0.1, 0.15) is 5.75 Å². The van der Waals surface area contributed by atoms with Crippen molar-refractivity contribution in [1.29, 1.82) is 0 Å². The van der Waals surface area contributed by atoms with Crippen LogP contribution in [-0.2, 0) is 0 Å². The molecule has 1 heterocycles. The molecule has 2 rings (SSSR count). The Hall–Kier alpha value is -2.22. The van der Waals surface area contributed by atoms with Gasteiger partial charge in [-0.25, -0.2) is 4.98 Å². The van der Waals surface area contributed by atoms with E-state index in [0.29, 0.717) is 10.2 Å². The number of aromatic nitrogens is 1. The molecule has 0 amide bonds. The Morgan fingerprint density at radius 2 is 2.16 bits per heavy atom. The molecule has 2 N–H and O–H groups in total. The minimum Gasteiger partial charge on any atom is -0.438 e. The maximum Gasteiger partial charge on any atom is 0.305 e. The number of rotatable bonds is 3. The lowest BCUT2D eigenvalue weighted by Gasteiger charge is -2.07. The summed E-state index contributed by atoms with van der Waals surface area (Å²) in [6.07, 6.45) is 1.38. The number of nitro groups is 1. The predicted molar refractivity (Wildman–Crippen MR) is 69.5 cm³/mol. The zero-order valence-electron chi connectivity index (χ0n) is 9.34. The molecule has 0 fully saturated rings. The Bertz CT molecular complexity index is 651. The monoisotopic (exact) mass is 327 g/mol. The van der Waals surface area contributed by atoms with Gasteiger partial charge in [-0.1, -0.05) is 0 Å².